The summed E-state index contributed by atoms with van der Waals surface area (Å²) in [5, 5.41) is 10.8. The van der Waals surface area contributed by atoms with Crippen LogP contribution < -0.4 is 5.32 Å². The summed E-state index contributed by atoms with van der Waals surface area (Å²) in [6.45, 7) is 0. The summed E-state index contributed by atoms with van der Waals surface area (Å²) in [5.74, 6) is 0. The zero-order chi connectivity index (χ0) is 12.1. The van der Waals surface area contributed by atoms with E-state index >= 15 is 0 Å². The third kappa shape index (κ3) is 2.58. The number of rotatable bonds is 4. The second kappa shape index (κ2) is 5.07. The zero-order valence-corrected chi connectivity index (χ0v) is 9.18. The molecule has 0 saturated heterocycles. The van der Waals surface area contributed by atoms with E-state index in [0.29, 0.717) is 11.8 Å². The van der Waals surface area contributed by atoms with Crippen molar-refractivity contribution in [3.8, 4) is 0 Å². The first-order chi connectivity index (χ1) is 8.31. The predicted molar refractivity (Wildman–Crippen MR) is 69.1 cm³/mol. The molecular weight excluding hydrogens is 212 g/mol. The monoisotopic (exact) mass is 224 g/mol. The van der Waals surface area contributed by atoms with Crippen molar-refractivity contribution in [2.75, 3.05) is 5.32 Å². The molecule has 0 aliphatic rings. The Morgan fingerprint density at radius 1 is 1.00 bits per heavy atom. The van der Waals surface area contributed by atoms with Crippen LogP contribution in [-0.4, -0.2) is 12.0 Å². The summed E-state index contributed by atoms with van der Waals surface area (Å²) < 4.78 is 0. The largest absolute Gasteiger partial charge is 0.355 e. The van der Waals surface area contributed by atoms with E-state index in [4.69, 9.17) is 5.41 Å². The first kappa shape index (κ1) is 11.1. The topological polar surface area (TPSA) is 53.0 Å². The van der Waals surface area contributed by atoms with Crippen LogP contribution in [0.5, 0.6) is 0 Å². The van der Waals surface area contributed by atoms with Crippen LogP contribution in [-0.2, 0) is 4.79 Å². The highest BCUT2D eigenvalue weighted by Crippen LogP contribution is 2.20. The SMILES string of the molecule is N=C(C=O)c1ccccc1Nc1ccccc1. The number of aldehydes is 1. The Balaban J connectivity index is 2.33. The molecule has 3 heteroatoms. The number of hydrogen-bond acceptors (Lipinski definition) is 3. The fraction of sp³-hybridized carbons (Fsp3) is 0. The second-order valence-electron chi connectivity index (χ2n) is 3.57. The van der Waals surface area contributed by atoms with Gasteiger partial charge in [0.25, 0.3) is 0 Å². The van der Waals surface area contributed by atoms with Gasteiger partial charge < -0.3 is 5.32 Å². The van der Waals surface area contributed by atoms with Gasteiger partial charge in [0.15, 0.2) is 6.29 Å². The summed E-state index contributed by atoms with van der Waals surface area (Å²) >= 11 is 0. The number of anilines is 2. The molecule has 0 aliphatic heterocycles. The first-order valence-corrected chi connectivity index (χ1v) is 5.26. The summed E-state index contributed by atoms with van der Waals surface area (Å²) in [6.07, 6.45) is 0.547. The number of benzene rings is 2. The third-order valence-corrected chi connectivity index (χ3v) is 2.39. The number of hydrogen-bond donors (Lipinski definition) is 2. The van der Waals surface area contributed by atoms with Crippen LogP contribution in [0.4, 0.5) is 11.4 Å². The summed E-state index contributed by atoms with van der Waals surface area (Å²) in [7, 11) is 0. The minimum Gasteiger partial charge on any atom is -0.355 e. The lowest BCUT2D eigenvalue weighted by molar-refractivity contribution is -0.102. The lowest BCUT2D eigenvalue weighted by atomic mass is 10.1. The quantitative estimate of drug-likeness (QED) is 0.619. The summed E-state index contributed by atoms with van der Waals surface area (Å²) in [4.78, 5) is 10.7. The van der Waals surface area contributed by atoms with Gasteiger partial charge in [0.05, 0.1) is 0 Å². The molecule has 0 unspecified atom stereocenters. The van der Waals surface area contributed by atoms with Crippen molar-refractivity contribution in [2.45, 2.75) is 0 Å². The molecule has 3 nitrogen and oxygen atoms in total. The van der Waals surface area contributed by atoms with E-state index in [1.807, 2.05) is 48.5 Å². The molecule has 0 amide bonds. The third-order valence-electron chi connectivity index (χ3n) is 2.39. The molecule has 0 heterocycles. The van der Waals surface area contributed by atoms with Gasteiger partial charge in [0.1, 0.15) is 5.71 Å². The maximum Gasteiger partial charge on any atom is 0.168 e. The van der Waals surface area contributed by atoms with Crippen LogP contribution in [0.3, 0.4) is 0 Å². The maximum atomic E-state index is 10.7. The fourth-order valence-electron chi connectivity index (χ4n) is 1.57. The molecule has 0 bridgehead atoms. The van der Waals surface area contributed by atoms with Crippen LogP contribution in [0.25, 0.3) is 0 Å². The van der Waals surface area contributed by atoms with Crippen molar-refractivity contribution < 1.29 is 4.79 Å². The van der Waals surface area contributed by atoms with E-state index in [0.717, 1.165) is 11.4 Å². The van der Waals surface area contributed by atoms with Crippen molar-refractivity contribution in [1.29, 1.82) is 5.41 Å². The van der Waals surface area contributed by atoms with E-state index in [9.17, 15) is 4.79 Å². The Morgan fingerprint density at radius 3 is 2.35 bits per heavy atom. The standard InChI is InChI=1S/C14H12N2O/c15-13(10-17)12-8-4-5-9-14(12)16-11-6-2-1-3-7-11/h1-10,15-16H. The number of nitrogens with one attached hydrogen (secondary N) is 2. The molecule has 0 radical (unpaired) electrons. The van der Waals surface area contributed by atoms with Gasteiger partial charge in [-0.1, -0.05) is 36.4 Å². The highest BCUT2D eigenvalue weighted by atomic mass is 16.1. The van der Waals surface area contributed by atoms with E-state index in [2.05, 4.69) is 5.32 Å². The van der Waals surface area contributed by atoms with Crippen molar-refractivity contribution in [1.82, 2.24) is 0 Å². The molecule has 84 valence electrons. The Bertz CT molecular complexity index is 535. The molecule has 2 aromatic rings. The molecule has 0 fully saturated rings. The average Bonchev–Trinajstić information content (AvgIpc) is 2.40. The van der Waals surface area contributed by atoms with Crippen LogP contribution in [0, 0.1) is 5.41 Å². The van der Waals surface area contributed by atoms with Crippen LogP contribution >= 0.6 is 0 Å². The molecule has 2 rings (SSSR count). The Morgan fingerprint density at radius 2 is 1.65 bits per heavy atom. The summed E-state index contributed by atoms with van der Waals surface area (Å²) in [5.41, 5.74) is 2.27. The van der Waals surface area contributed by atoms with Gasteiger partial charge in [0, 0.05) is 16.9 Å². The molecule has 0 aliphatic carbocycles. The van der Waals surface area contributed by atoms with Gasteiger partial charge in [-0.15, -0.1) is 0 Å². The molecule has 2 aromatic carbocycles. The minimum absolute atomic E-state index is 0.0240. The smallest absolute Gasteiger partial charge is 0.168 e. The van der Waals surface area contributed by atoms with Crippen LogP contribution in [0.15, 0.2) is 54.6 Å². The van der Waals surface area contributed by atoms with E-state index in [1.54, 1.807) is 6.07 Å². The highest BCUT2D eigenvalue weighted by molar-refractivity contribution is 6.36. The fourth-order valence-corrected chi connectivity index (χ4v) is 1.57. The van der Waals surface area contributed by atoms with Crippen molar-refractivity contribution in [3.63, 3.8) is 0 Å². The van der Waals surface area contributed by atoms with Gasteiger partial charge >= 0.3 is 0 Å². The zero-order valence-electron chi connectivity index (χ0n) is 9.18. The summed E-state index contributed by atoms with van der Waals surface area (Å²) in [6, 6.07) is 16.9. The van der Waals surface area contributed by atoms with Gasteiger partial charge in [-0.3, -0.25) is 10.2 Å². The van der Waals surface area contributed by atoms with Crippen molar-refractivity contribution in [3.05, 3.63) is 60.2 Å². The highest BCUT2D eigenvalue weighted by Gasteiger charge is 2.06. The molecular formula is C14H12N2O. The van der Waals surface area contributed by atoms with Crippen LogP contribution in [0.1, 0.15) is 5.56 Å². The molecule has 0 spiro atoms. The molecule has 0 aromatic heterocycles. The Labute approximate surface area is 99.6 Å². The van der Waals surface area contributed by atoms with Gasteiger partial charge in [0.2, 0.25) is 0 Å². The van der Waals surface area contributed by atoms with Gasteiger partial charge in [-0.25, -0.2) is 0 Å². The Hall–Kier alpha value is -2.42. The van der Waals surface area contributed by atoms with Crippen molar-refractivity contribution >= 4 is 23.4 Å². The number of carbonyl (C=O) groups excluding carboxylic acids is 1. The second-order valence-corrected chi connectivity index (χ2v) is 3.57. The van der Waals surface area contributed by atoms with Gasteiger partial charge in [-0.05, 0) is 18.2 Å². The lowest BCUT2D eigenvalue weighted by Gasteiger charge is -2.10. The number of para-hydroxylation sites is 2. The Kier molecular flexibility index (Phi) is 3.31. The average molecular weight is 224 g/mol. The molecule has 0 atom stereocenters. The van der Waals surface area contributed by atoms with E-state index in [-0.39, 0.29) is 5.71 Å². The minimum atomic E-state index is -0.0240. The molecule has 17 heavy (non-hydrogen) atoms. The van der Waals surface area contributed by atoms with Crippen LogP contribution in [0.2, 0.25) is 0 Å². The predicted octanol–water partition coefficient (Wildman–Crippen LogP) is 3.00. The maximum absolute atomic E-state index is 10.7. The van der Waals surface area contributed by atoms with E-state index < -0.39 is 0 Å². The van der Waals surface area contributed by atoms with Gasteiger partial charge in [-0.2, -0.15) is 0 Å². The van der Waals surface area contributed by atoms with E-state index in [1.165, 1.54) is 0 Å². The number of carbonyl (C=O) groups is 1. The normalized spacial score (nSPS) is 9.65. The van der Waals surface area contributed by atoms with Crippen molar-refractivity contribution in [2.24, 2.45) is 0 Å². The first-order valence-electron chi connectivity index (χ1n) is 5.26. The molecule has 0 saturated carbocycles. The lowest BCUT2D eigenvalue weighted by Crippen LogP contribution is -2.04. The molecule has 2 N–H and O–H groups in total.